The van der Waals surface area contributed by atoms with Gasteiger partial charge < -0.3 is 10.5 Å². The Kier molecular flexibility index (Phi) is 5.41. The molecule has 2 N–H and O–H groups in total. The third kappa shape index (κ3) is 4.32. The number of hydrogen-bond donors (Lipinski definition) is 1. The topological polar surface area (TPSA) is 35.2 Å². The van der Waals surface area contributed by atoms with Gasteiger partial charge in [0.2, 0.25) is 0 Å². The van der Waals surface area contributed by atoms with Crippen molar-refractivity contribution in [3.8, 4) is 0 Å². The number of benzene rings is 1. The Labute approximate surface area is 117 Å². The van der Waals surface area contributed by atoms with E-state index in [0.29, 0.717) is 18.6 Å². The molecule has 2 heteroatoms. The largest absolute Gasteiger partial charge is 0.374 e. The molecule has 0 spiro atoms. The molecule has 0 bridgehead atoms. The maximum atomic E-state index is 6.02. The average molecular weight is 261 g/mol. The van der Waals surface area contributed by atoms with Crippen LogP contribution in [0.15, 0.2) is 24.3 Å². The van der Waals surface area contributed by atoms with Gasteiger partial charge in [0, 0.05) is 0 Å². The summed E-state index contributed by atoms with van der Waals surface area (Å²) in [5, 5.41) is 0. The van der Waals surface area contributed by atoms with E-state index in [9.17, 15) is 0 Å². The summed E-state index contributed by atoms with van der Waals surface area (Å²) in [6.07, 6.45) is 5.56. The second-order valence-electron chi connectivity index (χ2n) is 6.07. The molecule has 0 amide bonds. The number of ether oxygens (including phenoxy) is 1. The lowest BCUT2D eigenvalue weighted by Gasteiger charge is -2.26. The highest BCUT2D eigenvalue weighted by atomic mass is 16.5. The van der Waals surface area contributed by atoms with E-state index in [4.69, 9.17) is 10.5 Å². The van der Waals surface area contributed by atoms with Crippen LogP contribution in [0.4, 0.5) is 0 Å². The standard InChI is InChI=1S/C17H27NO/c1-13-3-9-17(10-4-13)19-12-15-5-7-16(8-6-15)14(2)11-18/h5-8,13-14,17H,3-4,9-12,18H2,1-2H3. The summed E-state index contributed by atoms with van der Waals surface area (Å²) in [4.78, 5) is 0. The normalized spacial score (nSPS) is 25.2. The first-order valence-electron chi connectivity index (χ1n) is 7.59. The van der Waals surface area contributed by atoms with Crippen molar-refractivity contribution in [1.82, 2.24) is 0 Å². The van der Waals surface area contributed by atoms with Gasteiger partial charge in [-0.2, -0.15) is 0 Å². The van der Waals surface area contributed by atoms with Gasteiger partial charge in [-0.3, -0.25) is 0 Å². The SMILES string of the molecule is CC1CCC(OCc2ccc(C(C)CN)cc2)CC1. The van der Waals surface area contributed by atoms with Crippen molar-refractivity contribution >= 4 is 0 Å². The molecule has 1 aliphatic rings. The first kappa shape index (κ1) is 14.5. The van der Waals surface area contributed by atoms with Crippen LogP contribution in [0.2, 0.25) is 0 Å². The lowest BCUT2D eigenvalue weighted by atomic mass is 9.89. The van der Waals surface area contributed by atoms with Gasteiger partial charge in [-0.15, -0.1) is 0 Å². The summed E-state index contributed by atoms with van der Waals surface area (Å²) < 4.78 is 6.02. The quantitative estimate of drug-likeness (QED) is 0.874. The van der Waals surface area contributed by atoms with Crippen LogP contribution >= 0.6 is 0 Å². The van der Waals surface area contributed by atoms with Crippen molar-refractivity contribution in [3.05, 3.63) is 35.4 Å². The minimum atomic E-state index is 0.440. The highest BCUT2D eigenvalue weighted by Crippen LogP contribution is 2.26. The Morgan fingerprint density at radius 3 is 2.37 bits per heavy atom. The zero-order valence-electron chi connectivity index (χ0n) is 12.3. The molecule has 0 aliphatic heterocycles. The first-order chi connectivity index (χ1) is 9.19. The molecule has 106 valence electrons. The monoisotopic (exact) mass is 261 g/mol. The van der Waals surface area contributed by atoms with Gasteiger partial charge in [-0.25, -0.2) is 0 Å². The summed E-state index contributed by atoms with van der Waals surface area (Å²) >= 11 is 0. The molecule has 0 heterocycles. The molecule has 19 heavy (non-hydrogen) atoms. The van der Waals surface area contributed by atoms with Gasteiger partial charge in [0.1, 0.15) is 0 Å². The van der Waals surface area contributed by atoms with Crippen LogP contribution in [-0.2, 0) is 11.3 Å². The molecule has 1 fully saturated rings. The van der Waals surface area contributed by atoms with Crippen LogP contribution < -0.4 is 5.73 Å². The summed E-state index contributed by atoms with van der Waals surface area (Å²) in [6, 6.07) is 8.71. The van der Waals surface area contributed by atoms with E-state index in [2.05, 4.69) is 38.1 Å². The Morgan fingerprint density at radius 1 is 1.16 bits per heavy atom. The lowest BCUT2D eigenvalue weighted by Crippen LogP contribution is -2.20. The fraction of sp³-hybridized carbons (Fsp3) is 0.647. The molecule has 1 aliphatic carbocycles. The maximum Gasteiger partial charge on any atom is 0.0720 e. The predicted octanol–water partition coefficient (Wildman–Crippen LogP) is 3.84. The Morgan fingerprint density at radius 2 is 1.79 bits per heavy atom. The zero-order chi connectivity index (χ0) is 13.7. The second kappa shape index (κ2) is 7.06. The molecule has 1 aromatic carbocycles. The van der Waals surface area contributed by atoms with Gasteiger partial charge in [0.25, 0.3) is 0 Å². The van der Waals surface area contributed by atoms with Crippen molar-refractivity contribution in [2.75, 3.05) is 6.54 Å². The molecule has 0 aromatic heterocycles. The van der Waals surface area contributed by atoms with Crippen molar-refractivity contribution in [2.24, 2.45) is 11.7 Å². The van der Waals surface area contributed by atoms with Gasteiger partial charge in [-0.1, -0.05) is 38.1 Å². The van der Waals surface area contributed by atoms with E-state index >= 15 is 0 Å². The van der Waals surface area contributed by atoms with Gasteiger partial charge in [0.15, 0.2) is 0 Å². The summed E-state index contributed by atoms with van der Waals surface area (Å²) in [7, 11) is 0. The number of hydrogen-bond acceptors (Lipinski definition) is 2. The molecule has 0 radical (unpaired) electrons. The fourth-order valence-electron chi connectivity index (χ4n) is 2.69. The van der Waals surface area contributed by atoms with Gasteiger partial charge in [-0.05, 0) is 55.2 Å². The summed E-state index contributed by atoms with van der Waals surface area (Å²) in [5.41, 5.74) is 8.27. The molecular weight excluding hydrogens is 234 g/mol. The van der Waals surface area contributed by atoms with Crippen molar-refractivity contribution in [2.45, 2.75) is 58.2 Å². The average Bonchev–Trinajstić information content (AvgIpc) is 2.46. The highest BCUT2D eigenvalue weighted by molar-refractivity contribution is 5.24. The minimum absolute atomic E-state index is 0.440. The Hall–Kier alpha value is -0.860. The second-order valence-corrected chi connectivity index (χ2v) is 6.07. The van der Waals surface area contributed by atoms with Crippen LogP contribution in [0.5, 0.6) is 0 Å². The molecule has 1 atom stereocenters. The number of rotatable bonds is 5. The van der Waals surface area contributed by atoms with E-state index in [0.717, 1.165) is 12.5 Å². The Bertz CT molecular complexity index is 365. The molecule has 1 saturated carbocycles. The third-order valence-electron chi connectivity index (χ3n) is 4.35. The van der Waals surface area contributed by atoms with Crippen molar-refractivity contribution < 1.29 is 4.74 Å². The lowest BCUT2D eigenvalue weighted by molar-refractivity contribution is 0.00877. The molecular formula is C17H27NO. The zero-order valence-corrected chi connectivity index (χ0v) is 12.3. The van der Waals surface area contributed by atoms with Crippen molar-refractivity contribution in [1.29, 1.82) is 0 Å². The van der Waals surface area contributed by atoms with Crippen LogP contribution in [-0.4, -0.2) is 12.6 Å². The van der Waals surface area contributed by atoms with E-state index in [1.807, 2.05) is 0 Å². The van der Waals surface area contributed by atoms with E-state index in [1.54, 1.807) is 0 Å². The maximum absolute atomic E-state index is 6.02. The minimum Gasteiger partial charge on any atom is -0.374 e. The van der Waals surface area contributed by atoms with Crippen LogP contribution in [0, 0.1) is 5.92 Å². The predicted molar refractivity (Wildman–Crippen MR) is 80.1 cm³/mol. The summed E-state index contributed by atoms with van der Waals surface area (Å²) in [5.74, 6) is 1.33. The highest BCUT2D eigenvalue weighted by Gasteiger charge is 2.18. The van der Waals surface area contributed by atoms with E-state index in [-0.39, 0.29) is 0 Å². The molecule has 0 saturated heterocycles. The number of nitrogens with two attached hydrogens (primary N) is 1. The summed E-state index contributed by atoms with van der Waals surface area (Å²) in [6.45, 7) is 5.95. The molecule has 2 rings (SSSR count). The van der Waals surface area contributed by atoms with Crippen LogP contribution in [0.3, 0.4) is 0 Å². The van der Waals surface area contributed by atoms with Crippen molar-refractivity contribution in [3.63, 3.8) is 0 Å². The third-order valence-corrected chi connectivity index (χ3v) is 4.35. The fourth-order valence-corrected chi connectivity index (χ4v) is 2.69. The van der Waals surface area contributed by atoms with E-state index < -0.39 is 0 Å². The first-order valence-corrected chi connectivity index (χ1v) is 7.59. The molecule has 1 aromatic rings. The molecule has 2 nitrogen and oxygen atoms in total. The van der Waals surface area contributed by atoms with Gasteiger partial charge in [0.05, 0.1) is 12.7 Å². The van der Waals surface area contributed by atoms with E-state index in [1.165, 1.54) is 36.8 Å². The van der Waals surface area contributed by atoms with Crippen LogP contribution in [0.1, 0.15) is 56.6 Å². The van der Waals surface area contributed by atoms with Crippen LogP contribution in [0.25, 0.3) is 0 Å². The molecule has 1 unspecified atom stereocenters. The Balaban J connectivity index is 1.80. The van der Waals surface area contributed by atoms with Gasteiger partial charge >= 0.3 is 0 Å². The smallest absolute Gasteiger partial charge is 0.0720 e.